The van der Waals surface area contributed by atoms with Crippen LogP contribution in [0.3, 0.4) is 0 Å². The van der Waals surface area contributed by atoms with E-state index in [2.05, 4.69) is 19.2 Å². The number of hydrogen-bond acceptors (Lipinski definition) is 3. The number of carbonyl (C=O) groups excluding carboxylic acids is 2. The van der Waals surface area contributed by atoms with Crippen molar-refractivity contribution in [3.63, 3.8) is 0 Å². The van der Waals surface area contributed by atoms with Crippen molar-refractivity contribution in [1.29, 1.82) is 0 Å². The summed E-state index contributed by atoms with van der Waals surface area (Å²) >= 11 is 0. The molecule has 0 fully saturated rings. The Morgan fingerprint density at radius 2 is 1.72 bits per heavy atom. The van der Waals surface area contributed by atoms with Gasteiger partial charge < -0.3 is 15.0 Å². The first-order valence-electron chi connectivity index (χ1n) is 10.1. The highest BCUT2D eigenvalue weighted by atomic mass is 16.5. The minimum Gasteiger partial charge on any atom is -0.483 e. The zero-order chi connectivity index (χ0) is 21.6. The number of aryl methyl sites for hydroxylation is 3. The lowest BCUT2D eigenvalue weighted by Crippen LogP contribution is -2.37. The molecule has 0 heterocycles. The van der Waals surface area contributed by atoms with Gasteiger partial charge in [0.1, 0.15) is 5.75 Å². The molecule has 156 valence electrons. The molecule has 2 aromatic rings. The number of rotatable bonds is 8. The van der Waals surface area contributed by atoms with Crippen LogP contribution in [0.2, 0.25) is 0 Å². The Bertz CT molecular complexity index is 853. The number of para-hydroxylation sites is 1. The van der Waals surface area contributed by atoms with Crippen LogP contribution in [0.1, 0.15) is 48.4 Å². The smallest absolute Gasteiger partial charge is 0.260 e. The molecule has 1 unspecified atom stereocenters. The molecule has 0 spiro atoms. The lowest BCUT2D eigenvalue weighted by Gasteiger charge is -2.20. The van der Waals surface area contributed by atoms with Crippen LogP contribution < -0.4 is 10.1 Å². The van der Waals surface area contributed by atoms with Crippen molar-refractivity contribution in [3.05, 3.63) is 58.7 Å². The molecule has 0 bridgehead atoms. The van der Waals surface area contributed by atoms with Gasteiger partial charge in [-0.3, -0.25) is 9.59 Å². The van der Waals surface area contributed by atoms with Crippen LogP contribution in [0.5, 0.6) is 5.75 Å². The zero-order valence-electron chi connectivity index (χ0n) is 18.3. The first kappa shape index (κ1) is 22.5. The second-order valence-electron chi connectivity index (χ2n) is 7.71. The molecule has 0 aromatic heterocycles. The normalized spacial score (nSPS) is 11.7. The van der Waals surface area contributed by atoms with Crippen LogP contribution in [0, 0.1) is 20.8 Å². The monoisotopic (exact) mass is 396 g/mol. The summed E-state index contributed by atoms with van der Waals surface area (Å²) in [6.07, 6.45) is 0.992. The number of carbonyl (C=O) groups is 2. The van der Waals surface area contributed by atoms with Gasteiger partial charge in [0.2, 0.25) is 5.91 Å². The topological polar surface area (TPSA) is 58.6 Å². The fraction of sp³-hybridized carbons (Fsp3) is 0.417. The molecule has 1 atom stereocenters. The molecular weight excluding hydrogens is 364 g/mol. The van der Waals surface area contributed by atoms with E-state index >= 15 is 0 Å². The minimum atomic E-state index is -0.239. The summed E-state index contributed by atoms with van der Waals surface area (Å²) < 4.78 is 5.77. The van der Waals surface area contributed by atoms with Crippen LogP contribution in [-0.2, 0) is 9.59 Å². The Morgan fingerprint density at radius 1 is 1.10 bits per heavy atom. The molecule has 0 radical (unpaired) electrons. The zero-order valence-corrected chi connectivity index (χ0v) is 18.3. The Morgan fingerprint density at radius 3 is 2.34 bits per heavy atom. The summed E-state index contributed by atoms with van der Waals surface area (Å²) in [6.45, 7) is 10.1. The molecular formula is C24H32N2O3. The van der Waals surface area contributed by atoms with Gasteiger partial charge in [-0.05, 0) is 55.9 Å². The molecule has 5 heteroatoms. The van der Waals surface area contributed by atoms with Crippen molar-refractivity contribution in [2.75, 3.05) is 25.5 Å². The number of hydrogen-bond donors (Lipinski definition) is 1. The van der Waals surface area contributed by atoms with E-state index in [4.69, 9.17) is 4.74 Å². The number of likely N-dealkylation sites (N-methyl/N-ethyl adjacent to an activating group) is 1. The molecule has 0 saturated carbocycles. The van der Waals surface area contributed by atoms with Crippen LogP contribution in [0.15, 0.2) is 36.4 Å². The number of nitrogens with one attached hydrogen (secondary N) is 1. The van der Waals surface area contributed by atoms with Gasteiger partial charge in [0.15, 0.2) is 6.61 Å². The van der Waals surface area contributed by atoms with Gasteiger partial charge in [-0.1, -0.05) is 49.7 Å². The number of nitrogens with zero attached hydrogens (tertiary/aromatic N) is 1. The van der Waals surface area contributed by atoms with E-state index in [0.717, 1.165) is 40.1 Å². The summed E-state index contributed by atoms with van der Waals surface area (Å²) in [5.41, 5.74) is 5.07. The Hall–Kier alpha value is -2.82. The summed E-state index contributed by atoms with van der Waals surface area (Å²) in [6, 6.07) is 11.8. The molecule has 0 aliphatic heterocycles. The molecule has 2 amide bonds. The van der Waals surface area contributed by atoms with E-state index < -0.39 is 0 Å². The van der Waals surface area contributed by atoms with Gasteiger partial charge >= 0.3 is 0 Å². The molecule has 0 saturated heterocycles. The Labute approximate surface area is 174 Å². The average Bonchev–Trinajstić information content (AvgIpc) is 2.68. The lowest BCUT2D eigenvalue weighted by molar-refractivity contribution is -0.135. The third-order valence-electron chi connectivity index (χ3n) is 5.16. The molecule has 2 aromatic carbocycles. The van der Waals surface area contributed by atoms with Crippen molar-refractivity contribution < 1.29 is 14.3 Å². The summed E-state index contributed by atoms with van der Waals surface area (Å²) in [5.74, 6) is 0.608. The molecule has 2 rings (SSSR count). The highest BCUT2D eigenvalue weighted by Gasteiger charge is 2.17. The highest BCUT2D eigenvalue weighted by molar-refractivity contribution is 5.95. The van der Waals surface area contributed by atoms with E-state index in [1.807, 2.05) is 57.2 Å². The molecule has 5 nitrogen and oxygen atoms in total. The molecule has 0 aliphatic carbocycles. The summed E-state index contributed by atoms with van der Waals surface area (Å²) in [5, 5.41) is 2.92. The van der Waals surface area contributed by atoms with E-state index in [1.54, 1.807) is 7.05 Å². The van der Waals surface area contributed by atoms with Crippen molar-refractivity contribution in [3.8, 4) is 5.75 Å². The quantitative estimate of drug-likeness (QED) is 0.709. The third kappa shape index (κ3) is 6.08. The molecule has 29 heavy (non-hydrogen) atoms. The Kier molecular flexibility index (Phi) is 7.82. The van der Waals surface area contributed by atoms with E-state index in [9.17, 15) is 9.59 Å². The number of ether oxygens (including phenoxy) is 1. The predicted octanol–water partition coefficient (Wildman–Crippen LogP) is 4.60. The van der Waals surface area contributed by atoms with Gasteiger partial charge in [-0.25, -0.2) is 0 Å². The standard InChI is InChI=1S/C24H32N2O3/c1-7-17(3)20-10-8-9-11-21(20)29-15-23(28)26(6)14-22(27)25-24-18(4)12-16(2)13-19(24)5/h8-13,17H,7,14-15H2,1-6H3,(H,25,27). The Balaban J connectivity index is 1.94. The van der Waals surface area contributed by atoms with Crippen molar-refractivity contribution in [2.24, 2.45) is 0 Å². The van der Waals surface area contributed by atoms with Crippen molar-refractivity contribution in [1.82, 2.24) is 4.90 Å². The van der Waals surface area contributed by atoms with Gasteiger partial charge in [0.05, 0.1) is 6.54 Å². The second kappa shape index (κ2) is 10.1. The SMILES string of the molecule is CCC(C)c1ccccc1OCC(=O)N(C)CC(=O)Nc1c(C)cc(C)cc1C. The van der Waals surface area contributed by atoms with E-state index in [1.165, 1.54) is 4.90 Å². The van der Waals surface area contributed by atoms with Crippen LogP contribution in [-0.4, -0.2) is 36.9 Å². The predicted molar refractivity (Wildman–Crippen MR) is 118 cm³/mol. The van der Waals surface area contributed by atoms with E-state index in [-0.39, 0.29) is 25.0 Å². The van der Waals surface area contributed by atoms with Crippen molar-refractivity contribution >= 4 is 17.5 Å². The number of amides is 2. The van der Waals surface area contributed by atoms with Crippen molar-refractivity contribution in [2.45, 2.75) is 47.0 Å². The van der Waals surface area contributed by atoms with Gasteiger partial charge in [-0.2, -0.15) is 0 Å². The second-order valence-corrected chi connectivity index (χ2v) is 7.71. The van der Waals surface area contributed by atoms with Crippen LogP contribution in [0.4, 0.5) is 5.69 Å². The third-order valence-corrected chi connectivity index (χ3v) is 5.16. The molecule has 0 aliphatic rings. The van der Waals surface area contributed by atoms with Gasteiger partial charge in [-0.15, -0.1) is 0 Å². The minimum absolute atomic E-state index is 0.0258. The van der Waals surface area contributed by atoms with Gasteiger partial charge in [0, 0.05) is 12.7 Å². The maximum Gasteiger partial charge on any atom is 0.260 e. The van der Waals surface area contributed by atoms with Crippen LogP contribution in [0.25, 0.3) is 0 Å². The first-order chi connectivity index (χ1) is 13.7. The van der Waals surface area contributed by atoms with E-state index in [0.29, 0.717) is 5.92 Å². The molecule has 1 N–H and O–H groups in total. The van der Waals surface area contributed by atoms with Gasteiger partial charge in [0.25, 0.3) is 5.91 Å². The highest BCUT2D eigenvalue weighted by Crippen LogP contribution is 2.28. The lowest BCUT2D eigenvalue weighted by atomic mass is 9.98. The summed E-state index contributed by atoms with van der Waals surface area (Å²) in [4.78, 5) is 26.3. The summed E-state index contributed by atoms with van der Waals surface area (Å²) in [7, 11) is 1.61. The average molecular weight is 397 g/mol. The maximum atomic E-state index is 12.5. The fourth-order valence-electron chi connectivity index (χ4n) is 3.35. The largest absolute Gasteiger partial charge is 0.483 e. The fourth-order valence-corrected chi connectivity index (χ4v) is 3.35. The van der Waals surface area contributed by atoms with Crippen LogP contribution >= 0.6 is 0 Å². The first-order valence-corrected chi connectivity index (χ1v) is 10.1. The number of benzene rings is 2. The number of anilines is 1. The maximum absolute atomic E-state index is 12.5.